The van der Waals surface area contributed by atoms with Crippen molar-refractivity contribution in [1.29, 1.82) is 5.26 Å². The molecule has 0 spiro atoms. The second kappa shape index (κ2) is 6.15. The van der Waals surface area contributed by atoms with Crippen LogP contribution in [-0.4, -0.2) is 20.0 Å². The zero-order chi connectivity index (χ0) is 16.4. The van der Waals surface area contributed by atoms with Crippen molar-refractivity contribution in [2.45, 2.75) is 20.8 Å². The van der Waals surface area contributed by atoms with Crippen LogP contribution in [0.1, 0.15) is 27.0 Å². The Bertz CT molecular complexity index is 912. The zero-order valence-electron chi connectivity index (χ0n) is 13.1. The minimum Gasteiger partial charge on any atom is -0.246 e. The van der Waals surface area contributed by atoms with Gasteiger partial charge >= 0.3 is 0 Å². The summed E-state index contributed by atoms with van der Waals surface area (Å²) in [7, 11) is 0. The van der Waals surface area contributed by atoms with Crippen LogP contribution in [0, 0.1) is 32.1 Å². The molecule has 5 nitrogen and oxygen atoms in total. The molecular weight excluding hydrogens is 306 g/mol. The predicted molar refractivity (Wildman–Crippen MR) is 91.2 cm³/mol. The molecule has 23 heavy (non-hydrogen) atoms. The number of hydrogen-bond acceptors (Lipinski definition) is 5. The number of aryl methyl sites for hydroxylation is 3. The SMILES string of the molecule is Cc1nc(C)c(C=C(C#N)c2nn(-c3ccccc3)nc2C)s1. The van der Waals surface area contributed by atoms with Crippen molar-refractivity contribution in [3.8, 4) is 11.8 Å². The first-order chi connectivity index (χ1) is 11.1. The van der Waals surface area contributed by atoms with Crippen LogP contribution in [0.2, 0.25) is 0 Å². The lowest BCUT2D eigenvalue weighted by molar-refractivity contribution is 0.744. The predicted octanol–water partition coefficient (Wildman–Crippen LogP) is 3.71. The molecule has 2 heterocycles. The van der Waals surface area contributed by atoms with E-state index in [1.807, 2.05) is 57.2 Å². The Hall–Kier alpha value is -2.78. The third-order valence-corrected chi connectivity index (χ3v) is 4.38. The second-order valence-corrected chi connectivity index (χ2v) is 6.35. The molecule has 0 atom stereocenters. The molecule has 0 saturated carbocycles. The second-order valence-electron chi connectivity index (χ2n) is 5.11. The van der Waals surface area contributed by atoms with E-state index in [1.165, 1.54) is 0 Å². The number of allylic oxidation sites excluding steroid dienone is 1. The molecule has 0 aliphatic rings. The highest BCUT2D eigenvalue weighted by molar-refractivity contribution is 7.12. The summed E-state index contributed by atoms with van der Waals surface area (Å²) in [5.41, 5.74) is 3.61. The average Bonchev–Trinajstić information content (AvgIpc) is 3.08. The topological polar surface area (TPSA) is 67.4 Å². The third kappa shape index (κ3) is 3.05. The van der Waals surface area contributed by atoms with Crippen LogP contribution < -0.4 is 0 Å². The van der Waals surface area contributed by atoms with Crippen molar-refractivity contribution in [2.24, 2.45) is 0 Å². The van der Waals surface area contributed by atoms with Crippen molar-refractivity contribution in [2.75, 3.05) is 0 Å². The monoisotopic (exact) mass is 321 g/mol. The lowest BCUT2D eigenvalue weighted by Crippen LogP contribution is -1.98. The van der Waals surface area contributed by atoms with Crippen LogP contribution in [0.25, 0.3) is 17.3 Å². The molecule has 0 aliphatic heterocycles. The summed E-state index contributed by atoms with van der Waals surface area (Å²) >= 11 is 1.57. The van der Waals surface area contributed by atoms with Gasteiger partial charge in [0.25, 0.3) is 0 Å². The summed E-state index contributed by atoms with van der Waals surface area (Å²) in [6, 6.07) is 11.9. The van der Waals surface area contributed by atoms with Crippen LogP contribution in [-0.2, 0) is 0 Å². The summed E-state index contributed by atoms with van der Waals surface area (Å²) in [4.78, 5) is 6.93. The Kier molecular flexibility index (Phi) is 4.04. The largest absolute Gasteiger partial charge is 0.246 e. The number of hydrogen-bond donors (Lipinski definition) is 0. The lowest BCUT2D eigenvalue weighted by Gasteiger charge is -1.97. The highest BCUT2D eigenvalue weighted by Crippen LogP contribution is 2.24. The normalized spacial score (nSPS) is 11.5. The van der Waals surface area contributed by atoms with E-state index in [-0.39, 0.29) is 0 Å². The van der Waals surface area contributed by atoms with Gasteiger partial charge in [0.15, 0.2) is 0 Å². The number of para-hydroxylation sites is 1. The van der Waals surface area contributed by atoms with E-state index in [0.717, 1.165) is 27.0 Å². The third-order valence-electron chi connectivity index (χ3n) is 3.36. The van der Waals surface area contributed by atoms with Gasteiger partial charge in [-0.25, -0.2) is 4.98 Å². The summed E-state index contributed by atoms with van der Waals surface area (Å²) < 4.78 is 0. The molecule has 1 aromatic carbocycles. The highest BCUT2D eigenvalue weighted by atomic mass is 32.1. The van der Waals surface area contributed by atoms with Gasteiger partial charge in [0.2, 0.25) is 0 Å². The van der Waals surface area contributed by atoms with Crippen LogP contribution in [0.15, 0.2) is 30.3 Å². The molecule has 6 heteroatoms. The van der Waals surface area contributed by atoms with Crippen molar-refractivity contribution < 1.29 is 0 Å². The number of aromatic nitrogens is 4. The first-order valence-electron chi connectivity index (χ1n) is 7.14. The standard InChI is InChI=1S/C17H15N5S/c1-11-16(23-13(3)19-11)9-14(10-18)17-12(2)20-22(21-17)15-7-5-4-6-8-15/h4-9H,1-3H3. The van der Waals surface area contributed by atoms with E-state index in [9.17, 15) is 5.26 Å². The van der Waals surface area contributed by atoms with E-state index in [2.05, 4.69) is 21.3 Å². The lowest BCUT2D eigenvalue weighted by atomic mass is 10.1. The summed E-state index contributed by atoms with van der Waals surface area (Å²) in [6.07, 6.45) is 1.84. The minimum atomic E-state index is 0.497. The van der Waals surface area contributed by atoms with Crippen molar-refractivity contribution >= 4 is 23.0 Å². The van der Waals surface area contributed by atoms with Gasteiger partial charge in [-0.3, -0.25) is 0 Å². The van der Waals surface area contributed by atoms with Gasteiger partial charge in [0.1, 0.15) is 11.8 Å². The molecule has 0 unspecified atom stereocenters. The van der Waals surface area contributed by atoms with Crippen LogP contribution in [0.4, 0.5) is 0 Å². The van der Waals surface area contributed by atoms with Gasteiger partial charge in [-0.05, 0) is 39.0 Å². The van der Waals surface area contributed by atoms with Gasteiger partial charge in [-0.1, -0.05) is 18.2 Å². The Balaban J connectivity index is 2.05. The maximum absolute atomic E-state index is 9.53. The number of nitriles is 1. The molecule has 0 bridgehead atoms. The molecule has 0 fully saturated rings. The first kappa shape index (κ1) is 15.1. The molecular formula is C17H15N5S. The van der Waals surface area contributed by atoms with Crippen LogP contribution >= 0.6 is 11.3 Å². The quantitative estimate of drug-likeness (QED) is 0.690. The first-order valence-corrected chi connectivity index (χ1v) is 7.95. The Morgan fingerprint density at radius 3 is 2.48 bits per heavy atom. The van der Waals surface area contributed by atoms with Gasteiger partial charge in [0, 0.05) is 0 Å². The molecule has 0 aliphatic carbocycles. The number of benzene rings is 1. The molecule has 0 N–H and O–H groups in total. The van der Waals surface area contributed by atoms with Gasteiger partial charge < -0.3 is 0 Å². The summed E-state index contributed by atoms with van der Waals surface area (Å²) in [5.74, 6) is 0. The van der Waals surface area contributed by atoms with Crippen LogP contribution in [0.3, 0.4) is 0 Å². The van der Waals surface area contributed by atoms with Crippen LogP contribution in [0.5, 0.6) is 0 Å². The Labute approximate surface area is 138 Å². The van der Waals surface area contributed by atoms with Crippen molar-refractivity contribution in [1.82, 2.24) is 20.0 Å². The maximum Gasteiger partial charge on any atom is 0.126 e. The van der Waals surface area contributed by atoms with E-state index in [4.69, 9.17) is 0 Å². The van der Waals surface area contributed by atoms with Gasteiger partial charge in [-0.2, -0.15) is 15.2 Å². The zero-order valence-corrected chi connectivity index (χ0v) is 13.9. The highest BCUT2D eigenvalue weighted by Gasteiger charge is 2.14. The number of nitrogens with zero attached hydrogens (tertiary/aromatic N) is 5. The van der Waals surface area contributed by atoms with Crippen molar-refractivity contribution in [3.05, 3.63) is 57.3 Å². The maximum atomic E-state index is 9.53. The van der Waals surface area contributed by atoms with E-state index >= 15 is 0 Å². The smallest absolute Gasteiger partial charge is 0.126 e. The Morgan fingerprint density at radius 1 is 1.13 bits per heavy atom. The van der Waals surface area contributed by atoms with Crippen molar-refractivity contribution in [3.63, 3.8) is 0 Å². The fraction of sp³-hybridized carbons (Fsp3) is 0.176. The molecule has 0 radical (unpaired) electrons. The van der Waals surface area contributed by atoms with E-state index in [1.54, 1.807) is 16.1 Å². The van der Waals surface area contributed by atoms with E-state index < -0.39 is 0 Å². The fourth-order valence-corrected chi connectivity index (χ4v) is 3.14. The fourth-order valence-electron chi connectivity index (χ4n) is 2.27. The Morgan fingerprint density at radius 2 is 1.87 bits per heavy atom. The molecule has 0 amide bonds. The van der Waals surface area contributed by atoms with E-state index in [0.29, 0.717) is 11.3 Å². The molecule has 114 valence electrons. The molecule has 0 saturated heterocycles. The minimum absolute atomic E-state index is 0.497. The number of thiazole rings is 1. The number of rotatable bonds is 3. The summed E-state index contributed by atoms with van der Waals surface area (Å²) in [6.45, 7) is 5.76. The van der Waals surface area contributed by atoms with Gasteiger partial charge in [-0.15, -0.1) is 16.4 Å². The summed E-state index contributed by atoms with van der Waals surface area (Å²) in [5, 5.41) is 19.4. The molecule has 2 aromatic heterocycles. The van der Waals surface area contributed by atoms with Gasteiger partial charge in [0.05, 0.1) is 32.5 Å². The molecule has 3 aromatic rings. The molecule has 3 rings (SSSR count). The average molecular weight is 321 g/mol.